The number of sulfonamides is 1. The van der Waals surface area contributed by atoms with Gasteiger partial charge in [0.05, 0.1) is 12.2 Å². The largest absolute Gasteiger partial charge is 0.285 e. The van der Waals surface area contributed by atoms with E-state index in [1.54, 1.807) is 22.7 Å². The van der Waals surface area contributed by atoms with E-state index < -0.39 is 10.0 Å². The van der Waals surface area contributed by atoms with Gasteiger partial charge in [0, 0.05) is 12.6 Å². The van der Waals surface area contributed by atoms with Crippen LogP contribution in [0.1, 0.15) is 29.4 Å². The van der Waals surface area contributed by atoms with Crippen molar-refractivity contribution < 1.29 is 8.42 Å². The van der Waals surface area contributed by atoms with Gasteiger partial charge in [0.25, 0.3) is 10.0 Å². The van der Waals surface area contributed by atoms with E-state index in [2.05, 4.69) is 10.2 Å². The third-order valence-corrected chi connectivity index (χ3v) is 6.81. The summed E-state index contributed by atoms with van der Waals surface area (Å²) in [6, 6.07) is 18.7. The Morgan fingerprint density at radius 3 is 2.30 bits per heavy atom. The number of pyridine rings is 1. The fourth-order valence-corrected chi connectivity index (χ4v) is 5.22. The van der Waals surface area contributed by atoms with Crippen molar-refractivity contribution in [1.82, 2.24) is 14.6 Å². The molecular formula is C23H24N4O2S. The smallest absolute Gasteiger partial charge is 0.268 e. The molecule has 0 amide bonds. The van der Waals surface area contributed by atoms with Gasteiger partial charge in [-0.25, -0.2) is 8.42 Å². The van der Waals surface area contributed by atoms with Crippen LogP contribution in [0.4, 0.5) is 5.69 Å². The molecule has 0 fully saturated rings. The Balaban J connectivity index is 1.90. The topological polar surface area (TPSA) is 67.6 Å². The molecule has 0 N–H and O–H groups in total. The van der Waals surface area contributed by atoms with Crippen LogP contribution in [-0.4, -0.2) is 23.0 Å². The fraction of sp³-hybridized carbons (Fsp3) is 0.217. The van der Waals surface area contributed by atoms with E-state index in [1.807, 2.05) is 69.3 Å². The number of fused-ring (bicyclic) bond motifs is 1. The van der Waals surface area contributed by atoms with E-state index in [0.717, 1.165) is 22.5 Å². The molecule has 0 saturated heterocycles. The maximum Gasteiger partial charge on any atom is 0.268 e. The van der Waals surface area contributed by atoms with Gasteiger partial charge in [-0.05, 0) is 54.8 Å². The summed E-state index contributed by atoms with van der Waals surface area (Å²) in [5, 5.41) is 8.34. The van der Waals surface area contributed by atoms with Gasteiger partial charge in [-0.2, -0.15) is 0 Å². The molecule has 0 bridgehead atoms. The first kappa shape index (κ1) is 20.1. The molecular weight excluding hydrogens is 396 g/mol. The highest BCUT2D eigenvalue weighted by Crippen LogP contribution is 2.29. The Morgan fingerprint density at radius 1 is 0.933 bits per heavy atom. The van der Waals surface area contributed by atoms with E-state index in [9.17, 15) is 8.42 Å². The highest BCUT2D eigenvalue weighted by Gasteiger charge is 2.29. The van der Waals surface area contributed by atoms with Gasteiger partial charge in [-0.3, -0.25) is 8.71 Å². The monoisotopic (exact) mass is 420 g/mol. The van der Waals surface area contributed by atoms with Gasteiger partial charge in [0.1, 0.15) is 10.7 Å². The van der Waals surface area contributed by atoms with Crippen LogP contribution in [0.2, 0.25) is 0 Å². The van der Waals surface area contributed by atoms with Crippen molar-refractivity contribution in [1.29, 1.82) is 0 Å². The van der Waals surface area contributed by atoms with Crippen molar-refractivity contribution in [2.24, 2.45) is 0 Å². The lowest BCUT2D eigenvalue weighted by Gasteiger charge is -2.25. The zero-order valence-electron chi connectivity index (χ0n) is 17.3. The van der Waals surface area contributed by atoms with Gasteiger partial charge in [-0.1, -0.05) is 43.3 Å². The number of hydrogen-bond donors (Lipinski definition) is 0. The zero-order valence-corrected chi connectivity index (χ0v) is 18.1. The summed E-state index contributed by atoms with van der Waals surface area (Å²) >= 11 is 0. The van der Waals surface area contributed by atoms with E-state index in [4.69, 9.17) is 0 Å². The van der Waals surface area contributed by atoms with Crippen molar-refractivity contribution in [2.45, 2.75) is 38.6 Å². The number of aromatic nitrogens is 3. The van der Waals surface area contributed by atoms with Crippen LogP contribution in [-0.2, 0) is 23.0 Å². The normalized spacial score (nSPS) is 11.7. The van der Waals surface area contributed by atoms with E-state index >= 15 is 0 Å². The SMILES string of the molecule is CCc1nnc2c(S(=O)(=O)N(Cc3ccccc3)c3cc(C)cc(C)c3)cccn12. The number of hydrogen-bond acceptors (Lipinski definition) is 4. The quantitative estimate of drug-likeness (QED) is 0.466. The summed E-state index contributed by atoms with van der Waals surface area (Å²) < 4.78 is 31.0. The van der Waals surface area contributed by atoms with Crippen LogP contribution in [0.15, 0.2) is 71.8 Å². The van der Waals surface area contributed by atoms with Crippen LogP contribution in [0, 0.1) is 13.8 Å². The van der Waals surface area contributed by atoms with Crippen molar-refractivity contribution in [3.63, 3.8) is 0 Å². The molecule has 0 aliphatic carbocycles. The molecule has 0 spiro atoms. The maximum atomic E-state index is 13.9. The molecule has 7 heteroatoms. The van der Waals surface area contributed by atoms with Crippen LogP contribution >= 0.6 is 0 Å². The molecule has 0 aliphatic rings. The lowest BCUT2D eigenvalue weighted by Crippen LogP contribution is -2.31. The highest BCUT2D eigenvalue weighted by atomic mass is 32.2. The Hall–Kier alpha value is -3.19. The fourth-order valence-electron chi connectivity index (χ4n) is 3.66. The second kappa shape index (κ2) is 7.91. The average Bonchev–Trinajstić information content (AvgIpc) is 3.15. The second-order valence-electron chi connectivity index (χ2n) is 7.38. The van der Waals surface area contributed by atoms with Crippen molar-refractivity contribution in [3.05, 3.63) is 89.4 Å². The minimum absolute atomic E-state index is 0.146. The molecule has 30 heavy (non-hydrogen) atoms. The predicted molar refractivity (Wildman–Crippen MR) is 118 cm³/mol. The van der Waals surface area contributed by atoms with E-state index in [1.165, 1.54) is 4.31 Å². The molecule has 0 unspecified atom stereocenters. The van der Waals surface area contributed by atoms with Crippen molar-refractivity contribution in [3.8, 4) is 0 Å². The molecule has 0 atom stereocenters. The standard InChI is InChI=1S/C23H24N4O2S/c1-4-22-24-25-23-21(11-8-12-26(22)23)30(28,29)27(16-19-9-6-5-7-10-19)20-14-17(2)13-18(3)15-20/h5-15H,4,16H2,1-3H3. The summed E-state index contributed by atoms with van der Waals surface area (Å²) in [4.78, 5) is 0.146. The Bertz CT molecular complexity index is 1280. The Labute approximate surface area is 176 Å². The van der Waals surface area contributed by atoms with Crippen LogP contribution < -0.4 is 4.31 Å². The number of benzene rings is 2. The molecule has 0 aliphatic heterocycles. The third kappa shape index (κ3) is 3.68. The molecule has 2 heterocycles. The zero-order chi connectivity index (χ0) is 21.3. The average molecular weight is 421 g/mol. The van der Waals surface area contributed by atoms with Gasteiger partial charge >= 0.3 is 0 Å². The Kier molecular flexibility index (Phi) is 5.30. The summed E-state index contributed by atoms with van der Waals surface area (Å²) in [6.45, 7) is 6.13. The minimum Gasteiger partial charge on any atom is -0.285 e. The van der Waals surface area contributed by atoms with Gasteiger partial charge in [0.2, 0.25) is 0 Å². The molecule has 4 aromatic rings. The molecule has 6 nitrogen and oxygen atoms in total. The highest BCUT2D eigenvalue weighted by molar-refractivity contribution is 7.93. The van der Waals surface area contributed by atoms with Crippen LogP contribution in [0.5, 0.6) is 0 Å². The second-order valence-corrected chi connectivity index (χ2v) is 9.21. The van der Waals surface area contributed by atoms with Gasteiger partial charge in [-0.15, -0.1) is 10.2 Å². The summed E-state index contributed by atoms with van der Waals surface area (Å²) in [5.74, 6) is 0.725. The van der Waals surface area contributed by atoms with Gasteiger partial charge in [0.15, 0.2) is 5.65 Å². The molecule has 2 aromatic heterocycles. The first-order valence-electron chi connectivity index (χ1n) is 9.87. The van der Waals surface area contributed by atoms with Crippen molar-refractivity contribution in [2.75, 3.05) is 4.31 Å². The van der Waals surface area contributed by atoms with Crippen LogP contribution in [0.3, 0.4) is 0 Å². The lowest BCUT2D eigenvalue weighted by atomic mass is 10.1. The summed E-state index contributed by atoms with van der Waals surface area (Å²) in [7, 11) is -3.90. The van der Waals surface area contributed by atoms with Crippen LogP contribution in [0.25, 0.3) is 5.65 Å². The first-order chi connectivity index (χ1) is 14.4. The molecule has 0 saturated carbocycles. The van der Waals surface area contributed by atoms with Crippen molar-refractivity contribution >= 4 is 21.4 Å². The molecule has 0 radical (unpaired) electrons. The number of rotatable bonds is 6. The number of nitrogens with zero attached hydrogens (tertiary/aromatic N) is 4. The lowest BCUT2D eigenvalue weighted by molar-refractivity contribution is 0.590. The van der Waals surface area contributed by atoms with Gasteiger partial charge < -0.3 is 0 Å². The summed E-state index contributed by atoms with van der Waals surface area (Å²) in [5.41, 5.74) is 3.90. The van der Waals surface area contributed by atoms with E-state index in [-0.39, 0.29) is 11.4 Å². The first-order valence-corrected chi connectivity index (χ1v) is 11.3. The summed E-state index contributed by atoms with van der Waals surface area (Å²) in [6.07, 6.45) is 2.46. The number of aryl methyl sites for hydroxylation is 3. The van der Waals surface area contributed by atoms with E-state index in [0.29, 0.717) is 17.8 Å². The minimum atomic E-state index is -3.90. The number of anilines is 1. The molecule has 154 valence electrons. The molecule has 4 rings (SSSR count). The maximum absolute atomic E-state index is 13.9. The molecule has 2 aromatic carbocycles. The predicted octanol–water partition coefficient (Wildman–Crippen LogP) is 4.30. The Morgan fingerprint density at radius 2 is 1.63 bits per heavy atom. The third-order valence-electron chi connectivity index (χ3n) is 5.02.